The Morgan fingerprint density at radius 3 is 3.00 bits per heavy atom. The lowest BCUT2D eigenvalue weighted by atomic mass is 10.2. The second-order valence-electron chi connectivity index (χ2n) is 3.92. The van der Waals surface area contributed by atoms with Gasteiger partial charge in [0.15, 0.2) is 0 Å². The van der Waals surface area contributed by atoms with Gasteiger partial charge in [-0.1, -0.05) is 12.1 Å². The molecule has 0 saturated heterocycles. The van der Waals surface area contributed by atoms with Crippen molar-refractivity contribution in [2.75, 3.05) is 0 Å². The molecule has 1 aromatic heterocycles. The number of H-pyrrole nitrogens is 1. The zero-order chi connectivity index (χ0) is 11.1. The first-order valence-corrected chi connectivity index (χ1v) is 5.27. The van der Waals surface area contributed by atoms with Crippen LogP contribution < -0.4 is 16.3 Å². The Kier molecular flexibility index (Phi) is 1.83. The van der Waals surface area contributed by atoms with E-state index in [0.29, 0.717) is 6.54 Å². The van der Waals surface area contributed by atoms with E-state index < -0.39 is 0 Å². The van der Waals surface area contributed by atoms with Crippen LogP contribution in [0.5, 0.6) is 0 Å². The molecule has 2 heterocycles. The number of para-hydroxylation sites is 1. The summed E-state index contributed by atoms with van der Waals surface area (Å²) >= 11 is 0. The van der Waals surface area contributed by atoms with Crippen molar-refractivity contribution in [2.45, 2.75) is 13.0 Å². The van der Waals surface area contributed by atoms with Crippen molar-refractivity contribution >= 4 is 16.5 Å². The second kappa shape index (κ2) is 3.20. The molecule has 4 nitrogen and oxygen atoms in total. The van der Waals surface area contributed by atoms with Crippen molar-refractivity contribution in [3.8, 4) is 0 Å². The maximum absolute atomic E-state index is 12.2. The van der Waals surface area contributed by atoms with Crippen molar-refractivity contribution in [1.29, 1.82) is 0 Å². The first-order chi connectivity index (χ1) is 7.81. The Morgan fingerprint density at radius 2 is 2.19 bits per heavy atom. The molecule has 3 rings (SSSR count). The number of hydrogen-bond donors (Lipinski definition) is 1. The van der Waals surface area contributed by atoms with Crippen LogP contribution in [-0.2, 0) is 6.54 Å². The molecule has 3 N–H and O–H groups in total. The molecule has 1 aromatic carbocycles. The van der Waals surface area contributed by atoms with E-state index in [1.54, 1.807) is 10.8 Å². The maximum Gasteiger partial charge on any atom is 0.345 e. The molecule has 0 aliphatic carbocycles. The lowest BCUT2D eigenvalue weighted by Gasteiger charge is -1.97. The number of nitrogens with zero attached hydrogens (tertiary/aromatic N) is 1. The van der Waals surface area contributed by atoms with Gasteiger partial charge in [0.25, 0.3) is 5.82 Å². The fourth-order valence-corrected chi connectivity index (χ4v) is 2.20. The van der Waals surface area contributed by atoms with Gasteiger partial charge in [0.05, 0.1) is 12.1 Å². The highest BCUT2D eigenvalue weighted by atomic mass is 16.1. The van der Waals surface area contributed by atoms with Crippen molar-refractivity contribution < 1.29 is 4.98 Å². The van der Waals surface area contributed by atoms with E-state index in [9.17, 15) is 4.79 Å². The summed E-state index contributed by atoms with van der Waals surface area (Å²) in [4.78, 5) is 15.4. The van der Waals surface area contributed by atoms with Gasteiger partial charge in [0, 0.05) is 12.6 Å². The standard InChI is InChI=1S/C12H11N3O/c13-7-8-5-6-15-11(8)14-10-4-2-1-3-9(10)12(15)16/h1-4,7H,5-6,13H2/p+1. The largest absolute Gasteiger partial charge is 0.404 e. The van der Waals surface area contributed by atoms with Crippen LogP contribution in [0, 0.1) is 0 Å². The SMILES string of the molecule is NC=C1CCn2c1[nH+]c1ccccc1c2=O. The van der Waals surface area contributed by atoms with E-state index in [4.69, 9.17) is 5.73 Å². The highest BCUT2D eigenvalue weighted by molar-refractivity contribution is 5.75. The predicted molar refractivity (Wildman–Crippen MR) is 61.5 cm³/mol. The molecule has 80 valence electrons. The zero-order valence-electron chi connectivity index (χ0n) is 8.73. The third-order valence-electron chi connectivity index (χ3n) is 3.04. The Labute approximate surface area is 92.0 Å². The summed E-state index contributed by atoms with van der Waals surface area (Å²) in [6.45, 7) is 0.707. The van der Waals surface area contributed by atoms with Gasteiger partial charge < -0.3 is 5.73 Å². The van der Waals surface area contributed by atoms with Crippen LogP contribution >= 0.6 is 0 Å². The van der Waals surface area contributed by atoms with Gasteiger partial charge in [0.2, 0.25) is 0 Å². The zero-order valence-corrected chi connectivity index (χ0v) is 8.73. The summed E-state index contributed by atoms with van der Waals surface area (Å²) in [6.07, 6.45) is 2.39. The first kappa shape index (κ1) is 9.15. The van der Waals surface area contributed by atoms with Crippen molar-refractivity contribution in [2.24, 2.45) is 5.73 Å². The summed E-state index contributed by atoms with van der Waals surface area (Å²) in [5, 5.41) is 0.726. The number of allylic oxidation sites excluding steroid dienone is 1. The number of nitrogens with one attached hydrogen (secondary N) is 1. The van der Waals surface area contributed by atoms with Crippen molar-refractivity contribution in [1.82, 2.24) is 4.57 Å². The molecule has 4 heteroatoms. The third kappa shape index (κ3) is 1.10. The number of fused-ring (bicyclic) bond motifs is 2. The molecule has 2 aromatic rings. The molecule has 0 spiro atoms. The highest BCUT2D eigenvalue weighted by Crippen LogP contribution is 2.21. The Morgan fingerprint density at radius 1 is 1.38 bits per heavy atom. The number of rotatable bonds is 0. The molecule has 0 atom stereocenters. The summed E-state index contributed by atoms with van der Waals surface area (Å²) in [5.74, 6) is 0.839. The number of aromatic amines is 1. The second-order valence-corrected chi connectivity index (χ2v) is 3.92. The fraction of sp³-hybridized carbons (Fsp3) is 0.167. The normalized spacial score (nSPS) is 16.9. The molecule has 0 unspecified atom stereocenters. The Balaban J connectivity index is 2.46. The third-order valence-corrected chi connectivity index (χ3v) is 3.04. The molecule has 16 heavy (non-hydrogen) atoms. The summed E-state index contributed by atoms with van der Waals surface area (Å²) in [6, 6.07) is 7.53. The number of aromatic nitrogens is 2. The molecule has 1 aliphatic rings. The van der Waals surface area contributed by atoms with Gasteiger partial charge in [-0.15, -0.1) is 0 Å². The van der Waals surface area contributed by atoms with Crippen LogP contribution in [0.3, 0.4) is 0 Å². The summed E-state index contributed by atoms with van der Waals surface area (Å²) < 4.78 is 1.75. The molecule has 0 saturated carbocycles. The minimum atomic E-state index is 0.0567. The van der Waals surface area contributed by atoms with Gasteiger partial charge in [-0.05, 0) is 12.1 Å². The van der Waals surface area contributed by atoms with Crippen LogP contribution in [0.2, 0.25) is 0 Å². The average molecular weight is 214 g/mol. The van der Waals surface area contributed by atoms with E-state index in [2.05, 4.69) is 4.98 Å². The first-order valence-electron chi connectivity index (χ1n) is 5.27. The van der Waals surface area contributed by atoms with E-state index in [-0.39, 0.29) is 5.56 Å². The molecule has 0 fully saturated rings. The summed E-state index contributed by atoms with van der Waals surface area (Å²) in [7, 11) is 0. The quantitative estimate of drug-likeness (QED) is 0.695. The number of hydrogen-bond acceptors (Lipinski definition) is 2. The minimum Gasteiger partial charge on any atom is -0.404 e. The number of nitrogens with two attached hydrogens (primary N) is 1. The number of benzene rings is 1. The van der Waals surface area contributed by atoms with Crippen LogP contribution in [0.25, 0.3) is 16.5 Å². The lowest BCUT2D eigenvalue weighted by molar-refractivity contribution is -0.356. The molecule has 0 amide bonds. The molecule has 0 bridgehead atoms. The Bertz CT molecular complexity index is 655. The van der Waals surface area contributed by atoms with Gasteiger partial charge in [-0.3, -0.25) is 0 Å². The molecule has 0 radical (unpaired) electrons. The van der Waals surface area contributed by atoms with Crippen LogP contribution in [0.15, 0.2) is 35.3 Å². The van der Waals surface area contributed by atoms with Crippen molar-refractivity contribution in [3.63, 3.8) is 0 Å². The molecule has 1 aliphatic heterocycles. The maximum atomic E-state index is 12.2. The van der Waals surface area contributed by atoms with Crippen LogP contribution in [-0.4, -0.2) is 4.57 Å². The van der Waals surface area contributed by atoms with Gasteiger partial charge in [-0.25, -0.2) is 9.78 Å². The van der Waals surface area contributed by atoms with Crippen LogP contribution in [0.4, 0.5) is 0 Å². The van der Waals surface area contributed by atoms with Crippen molar-refractivity contribution in [3.05, 3.63) is 46.6 Å². The lowest BCUT2D eigenvalue weighted by Crippen LogP contribution is -2.28. The fourth-order valence-electron chi connectivity index (χ4n) is 2.20. The molecular weight excluding hydrogens is 202 g/mol. The predicted octanol–water partition coefficient (Wildman–Crippen LogP) is 0.519. The smallest absolute Gasteiger partial charge is 0.345 e. The minimum absolute atomic E-state index is 0.0567. The topological polar surface area (TPSA) is 62.2 Å². The van der Waals surface area contributed by atoms with Gasteiger partial charge >= 0.3 is 5.56 Å². The van der Waals surface area contributed by atoms with E-state index in [1.807, 2.05) is 24.3 Å². The Hall–Kier alpha value is -2.10. The summed E-state index contributed by atoms with van der Waals surface area (Å²) in [5.41, 5.74) is 7.47. The van der Waals surface area contributed by atoms with Crippen LogP contribution in [0.1, 0.15) is 12.2 Å². The van der Waals surface area contributed by atoms with Gasteiger partial charge in [-0.2, -0.15) is 4.57 Å². The molecular formula is C12H12N3O+. The average Bonchev–Trinajstić information content (AvgIpc) is 2.72. The van der Waals surface area contributed by atoms with E-state index in [0.717, 1.165) is 28.7 Å². The van der Waals surface area contributed by atoms with Gasteiger partial charge in [0.1, 0.15) is 10.9 Å². The monoisotopic (exact) mass is 214 g/mol. The van der Waals surface area contributed by atoms with E-state index >= 15 is 0 Å². The van der Waals surface area contributed by atoms with E-state index in [1.165, 1.54) is 0 Å². The highest BCUT2D eigenvalue weighted by Gasteiger charge is 2.27.